The normalized spacial score (nSPS) is 27.9. The summed E-state index contributed by atoms with van der Waals surface area (Å²) in [4.78, 5) is 0. The Hall–Kier alpha value is -2.12. The van der Waals surface area contributed by atoms with Gasteiger partial charge in [0.05, 0.1) is 50.8 Å². The minimum atomic E-state index is -0.244. The van der Waals surface area contributed by atoms with Gasteiger partial charge in [-0.2, -0.15) is 0 Å². The third kappa shape index (κ3) is 4.82. The molecule has 2 aromatic carbocycles. The van der Waals surface area contributed by atoms with Gasteiger partial charge in [-0.25, -0.2) is 0 Å². The Balaban J connectivity index is 1.61. The van der Waals surface area contributed by atoms with Crippen LogP contribution in [0.15, 0.2) is 24.3 Å². The molecular weight excluding hydrogens is 440 g/mol. The second kappa shape index (κ2) is 9.07. The van der Waals surface area contributed by atoms with Crippen LogP contribution in [0, 0.1) is 0 Å². The third-order valence-corrected chi connectivity index (χ3v) is 8.22. The van der Waals surface area contributed by atoms with E-state index in [1.807, 2.05) is 0 Å². The summed E-state index contributed by atoms with van der Waals surface area (Å²) in [5.74, 6) is 0. The lowest BCUT2D eigenvalue weighted by atomic mass is 9.63. The number of rotatable bonds is 12. The summed E-state index contributed by atoms with van der Waals surface area (Å²) in [6.07, 6.45) is 6.53. The summed E-state index contributed by atoms with van der Waals surface area (Å²) in [7, 11) is 0. The summed E-state index contributed by atoms with van der Waals surface area (Å²) in [5, 5.41) is 0. The molecule has 6 heteroatoms. The van der Waals surface area contributed by atoms with E-state index in [9.17, 15) is 0 Å². The highest BCUT2D eigenvalue weighted by Gasteiger charge is 2.48. The van der Waals surface area contributed by atoms with Gasteiger partial charge in [0.1, 0.15) is 0 Å². The van der Waals surface area contributed by atoms with E-state index in [1.165, 1.54) is 33.4 Å². The fourth-order valence-corrected chi connectivity index (χ4v) is 6.14. The van der Waals surface area contributed by atoms with Crippen molar-refractivity contribution >= 4 is 11.4 Å². The van der Waals surface area contributed by atoms with Gasteiger partial charge in [-0.3, -0.25) is 0 Å². The van der Waals surface area contributed by atoms with Gasteiger partial charge >= 0.3 is 0 Å². The Morgan fingerprint density at radius 2 is 1.31 bits per heavy atom. The maximum atomic E-state index is 6.72. The number of nitrogens with two attached hydrogens (primary N) is 2. The van der Waals surface area contributed by atoms with Crippen molar-refractivity contribution in [2.75, 3.05) is 37.9 Å². The molecule has 4 atom stereocenters. The van der Waals surface area contributed by atoms with Crippen molar-refractivity contribution in [3.05, 3.63) is 57.6 Å². The molecule has 0 spiro atoms. The topological polar surface area (TPSA) is 102 Å². The van der Waals surface area contributed by atoms with Crippen molar-refractivity contribution in [1.29, 1.82) is 0 Å². The summed E-state index contributed by atoms with van der Waals surface area (Å²) in [6.45, 7) is 7.67. The molecule has 0 amide bonds. The van der Waals surface area contributed by atoms with E-state index < -0.39 is 0 Å². The molecule has 4 saturated heterocycles. The Labute approximate surface area is 208 Å². The monoisotopic (exact) mass is 478 g/mol. The van der Waals surface area contributed by atoms with Crippen molar-refractivity contribution in [2.45, 2.75) is 82.2 Å². The first-order valence-corrected chi connectivity index (χ1v) is 13.3. The highest BCUT2D eigenvalue weighted by Crippen LogP contribution is 2.51. The van der Waals surface area contributed by atoms with Crippen molar-refractivity contribution in [2.24, 2.45) is 0 Å². The number of anilines is 2. The van der Waals surface area contributed by atoms with Crippen molar-refractivity contribution < 1.29 is 18.9 Å². The fourth-order valence-electron chi connectivity index (χ4n) is 6.14. The Bertz CT molecular complexity index is 1090. The molecule has 0 saturated carbocycles. The number of hydrogen-bond donors (Lipinski definition) is 2. The minimum Gasteiger partial charge on any atom is -0.399 e. The zero-order chi connectivity index (χ0) is 24.2. The number of ether oxygens (including phenoxy) is 4. The molecule has 0 aromatic heterocycles. The highest BCUT2D eigenvalue weighted by atomic mass is 16.6. The smallest absolute Gasteiger partial charge is 0.0850 e. The van der Waals surface area contributed by atoms with E-state index in [-0.39, 0.29) is 29.8 Å². The molecule has 4 aliphatic rings. The van der Waals surface area contributed by atoms with Crippen LogP contribution in [-0.4, -0.2) is 50.8 Å². The summed E-state index contributed by atoms with van der Waals surface area (Å²) < 4.78 is 23.3. The van der Waals surface area contributed by atoms with Gasteiger partial charge in [0, 0.05) is 29.6 Å². The molecule has 4 heterocycles. The second-order valence-electron chi connectivity index (χ2n) is 10.8. The molecule has 35 heavy (non-hydrogen) atoms. The van der Waals surface area contributed by atoms with Crippen LogP contribution in [0.1, 0.15) is 60.1 Å². The number of epoxide rings is 4. The van der Waals surface area contributed by atoms with Crippen LogP contribution in [0.5, 0.6) is 0 Å². The first-order chi connectivity index (χ1) is 17.0. The van der Waals surface area contributed by atoms with Crippen LogP contribution in [-0.2, 0) is 50.0 Å². The fraction of sp³-hybridized carbons (Fsp3) is 0.586. The molecule has 0 aliphatic carbocycles. The van der Waals surface area contributed by atoms with Crippen LogP contribution in [0.2, 0.25) is 0 Å². The number of nitrogen functional groups attached to an aromatic ring is 2. The maximum absolute atomic E-state index is 6.72. The maximum Gasteiger partial charge on any atom is 0.0850 e. The highest BCUT2D eigenvalue weighted by molar-refractivity contribution is 5.63. The zero-order valence-electron chi connectivity index (χ0n) is 21.0. The zero-order valence-corrected chi connectivity index (χ0v) is 21.0. The average Bonchev–Trinajstić information content (AvgIpc) is 3.67. The summed E-state index contributed by atoms with van der Waals surface area (Å²) in [6, 6.07) is 8.92. The standard InChI is InChI=1S/C29H38N2O4/c1-3-17-7-19(5-6-26(17)30)29(11-22-15-34-22,12-23-16-35-23)28-18(8-20-13-32-20)9-27(31)24(4-2)25(28)10-21-14-33-21/h5-7,9,20-23H,3-4,8,10-16,30-31H2,1-2H3. The first-order valence-electron chi connectivity index (χ1n) is 13.3. The molecule has 0 radical (unpaired) electrons. The van der Waals surface area contributed by atoms with E-state index in [2.05, 4.69) is 38.1 Å². The summed E-state index contributed by atoms with van der Waals surface area (Å²) in [5.41, 5.74) is 22.5. The Morgan fingerprint density at radius 1 is 0.714 bits per heavy atom. The van der Waals surface area contributed by atoms with Crippen molar-refractivity contribution in [3.63, 3.8) is 0 Å². The summed E-state index contributed by atoms with van der Waals surface area (Å²) >= 11 is 0. The molecular formula is C29H38N2O4. The molecule has 4 fully saturated rings. The van der Waals surface area contributed by atoms with Gasteiger partial charge < -0.3 is 30.4 Å². The van der Waals surface area contributed by atoms with Crippen LogP contribution >= 0.6 is 0 Å². The van der Waals surface area contributed by atoms with Crippen molar-refractivity contribution in [3.8, 4) is 0 Å². The lowest BCUT2D eigenvalue weighted by molar-refractivity contribution is 0.296. The number of aryl methyl sites for hydroxylation is 1. The molecule has 6 rings (SSSR count). The predicted octanol–water partition coefficient (Wildman–Crippen LogP) is 3.72. The molecule has 6 nitrogen and oxygen atoms in total. The SMILES string of the molecule is CCc1cc(C(CC2CO2)(CC2CO2)c2c(CC3CO3)cc(N)c(CC)c2CC2CO2)ccc1N. The largest absolute Gasteiger partial charge is 0.399 e. The minimum absolute atomic E-state index is 0.244. The third-order valence-electron chi connectivity index (χ3n) is 8.22. The first kappa shape index (κ1) is 23.3. The van der Waals surface area contributed by atoms with Gasteiger partial charge in [0.25, 0.3) is 0 Å². The lowest BCUT2D eigenvalue weighted by Gasteiger charge is -2.39. The average molecular weight is 479 g/mol. The van der Waals surface area contributed by atoms with E-state index in [4.69, 9.17) is 30.4 Å². The molecule has 0 bridgehead atoms. The Kier molecular flexibility index (Phi) is 6.04. The van der Waals surface area contributed by atoms with Gasteiger partial charge in [-0.15, -0.1) is 0 Å². The molecule has 2 aromatic rings. The van der Waals surface area contributed by atoms with Crippen LogP contribution in [0.25, 0.3) is 0 Å². The van der Waals surface area contributed by atoms with E-state index in [0.717, 1.165) is 76.3 Å². The van der Waals surface area contributed by atoms with Crippen LogP contribution in [0.4, 0.5) is 11.4 Å². The van der Waals surface area contributed by atoms with Gasteiger partial charge in [-0.1, -0.05) is 26.0 Å². The van der Waals surface area contributed by atoms with Crippen LogP contribution < -0.4 is 11.5 Å². The molecule has 188 valence electrons. The van der Waals surface area contributed by atoms with Gasteiger partial charge in [0.2, 0.25) is 0 Å². The number of hydrogen-bond acceptors (Lipinski definition) is 6. The molecule has 4 N–H and O–H groups in total. The second-order valence-corrected chi connectivity index (χ2v) is 10.8. The molecule has 4 aliphatic heterocycles. The molecule has 4 unspecified atom stereocenters. The van der Waals surface area contributed by atoms with E-state index in [1.54, 1.807) is 0 Å². The number of benzene rings is 2. The quantitative estimate of drug-likeness (QED) is 0.356. The van der Waals surface area contributed by atoms with Crippen LogP contribution in [0.3, 0.4) is 0 Å². The van der Waals surface area contributed by atoms with E-state index >= 15 is 0 Å². The predicted molar refractivity (Wildman–Crippen MR) is 137 cm³/mol. The van der Waals surface area contributed by atoms with E-state index in [0.29, 0.717) is 0 Å². The Morgan fingerprint density at radius 3 is 1.86 bits per heavy atom. The van der Waals surface area contributed by atoms with Crippen molar-refractivity contribution in [1.82, 2.24) is 0 Å². The van der Waals surface area contributed by atoms with Gasteiger partial charge in [-0.05, 0) is 71.2 Å². The van der Waals surface area contributed by atoms with Gasteiger partial charge in [0.15, 0.2) is 0 Å². The lowest BCUT2D eigenvalue weighted by Crippen LogP contribution is -2.35.